The number of benzene rings is 2. The van der Waals surface area contributed by atoms with E-state index in [1.807, 2.05) is 36.4 Å². The summed E-state index contributed by atoms with van der Waals surface area (Å²) >= 11 is 0. The summed E-state index contributed by atoms with van der Waals surface area (Å²) < 4.78 is 10.7. The highest BCUT2D eigenvalue weighted by Gasteiger charge is 2.34. The zero-order valence-corrected chi connectivity index (χ0v) is 14.1. The summed E-state index contributed by atoms with van der Waals surface area (Å²) in [6.45, 7) is 0.504. The number of aliphatic hydroxyl groups is 1. The Balaban J connectivity index is 1.85. The molecule has 2 aromatic carbocycles. The van der Waals surface area contributed by atoms with E-state index in [2.05, 4.69) is 0 Å². The van der Waals surface area contributed by atoms with Crippen LogP contribution in [0.1, 0.15) is 12.0 Å². The summed E-state index contributed by atoms with van der Waals surface area (Å²) in [5.74, 6) is 0.792. The Labute approximate surface area is 141 Å². The van der Waals surface area contributed by atoms with Crippen molar-refractivity contribution in [1.29, 1.82) is 0 Å². The minimum absolute atomic E-state index is 0.00119. The van der Waals surface area contributed by atoms with Crippen LogP contribution in [0.4, 0.5) is 0 Å². The van der Waals surface area contributed by atoms with Crippen molar-refractivity contribution in [3.63, 3.8) is 0 Å². The highest BCUT2D eigenvalue weighted by molar-refractivity contribution is 5.91. The van der Waals surface area contributed by atoms with Crippen LogP contribution in [0.25, 0.3) is 10.8 Å². The summed E-state index contributed by atoms with van der Waals surface area (Å²) in [7, 11) is 3.28. The molecule has 1 fully saturated rings. The fourth-order valence-electron chi connectivity index (χ4n) is 3.39. The van der Waals surface area contributed by atoms with E-state index in [0.717, 1.165) is 22.1 Å². The molecule has 2 atom stereocenters. The van der Waals surface area contributed by atoms with Gasteiger partial charge in [0.05, 0.1) is 32.3 Å². The van der Waals surface area contributed by atoms with Crippen LogP contribution in [0.3, 0.4) is 0 Å². The zero-order chi connectivity index (χ0) is 17.1. The van der Waals surface area contributed by atoms with Crippen molar-refractivity contribution in [3.05, 3.63) is 42.0 Å². The fraction of sp³-hybridized carbons (Fsp3) is 0.421. The molecule has 0 radical (unpaired) electrons. The van der Waals surface area contributed by atoms with E-state index in [9.17, 15) is 9.90 Å². The molecular weight excluding hydrogens is 306 g/mol. The second-order valence-corrected chi connectivity index (χ2v) is 6.16. The topological polar surface area (TPSA) is 59.0 Å². The summed E-state index contributed by atoms with van der Waals surface area (Å²) in [6.07, 6.45) is 0.984. The molecule has 1 N–H and O–H groups in total. The first-order valence-electron chi connectivity index (χ1n) is 8.15. The molecule has 1 aliphatic heterocycles. The number of ether oxygens (including phenoxy) is 2. The van der Waals surface area contributed by atoms with E-state index in [-0.39, 0.29) is 24.7 Å². The molecule has 24 heavy (non-hydrogen) atoms. The average Bonchev–Trinajstić information content (AvgIpc) is 3.05. The predicted octanol–water partition coefficient (Wildman–Crippen LogP) is 2.00. The quantitative estimate of drug-likeness (QED) is 0.911. The predicted molar refractivity (Wildman–Crippen MR) is 92.2 cm³/mol. The van der Waals surface area contributed by atoms with E-state index in [4.69, 9.17) is 9.47 Å². The number of carbonyl (C=O) groups is 1. The van der Waals surface area contributed by atoms with Crippen molar-refractivity contribution in [2.24, 2.45) is 0 Å². The Hall–Kier alpha value is -2.11. The van der Waals surface area contributed by atoms with Crippen LogP contribution in [0.15, 0.2) is 36.4 Å². The molecule has 0 bridgehead atoms. The second kappa shape index (κ2) is 7.20. The number of likely N-dealkylation sites (tertiary alicyclic amines) is 1. The molecular formula is C19H23NO4. The Morgan fingerprint density at radius 3 is 2.83 bits per heavy atom. The van der Waals surface area contributed by atoms with Gasteiger partial charge in [0.2, 0.25) is 5.91 Å². The van der Waals surface area contributed by atoms with Gasteiger partial charge in [-0.3, -0.25) is 4.79 Å². The molecule has 0 spiro atoms. The Morgan fingerprint density at radius 1 is 1.29 bits per heavy atom. The van der Waals surface area contributed by atoms with Crippen LogP contribution >= 0.6 is 0 Å². The molecule has 1 aliphatic rings. The van der Waals surface area contributed by atoms with Crippen molar-refractivity contribution >= 4 is 16.7 Å². The van der Waals surface area contributed by atoms with Crippen molar-refractivity contribution in [2.45, 2.75) is 25.0 Å². The number of fused-ring (bicyclic) bond motifs is 1. The number of nitrogens with zero attached hydrogens (tertiary/aromatic N) is 1. The lowest BCUT2D eigenvalue weighted by Crippen LogP contribution is -2.39. The minimum atomic E-state index is -0.160. The first kappa shape index (κ1) is 16.7. The van der Waals surface area contributed by atoms with Crippen LogP contribution < -0.4 is 4.74 Å². The van der Waals surface area contributed by atoms with Crippen molar-refractivity contribution < 1.29 is 19.4 Å². The van der Waals surface area contributed by atoms with Gasteiger partial charge in [0.15, 0.2) is 0 Å². The van der Waals surface area contributed by atoms with Gasteiger partial charge in [0.1, 0.15) is 5.75 Å². The molecule has 1 heterocycles. The molecule has 3 rings (SSSR count). The van der Waals surface area contributed by atoms with E-state index in [1.54, 1.807) is 19.1 Å². The van der Waals surface area contributed by atoms with Gasteiger partial charge in [-0.2, -0.15) is 0 Å². The summed E-state index contributed by atoms with van der Waals surface area (Å²) in [5.41, 5.74) is 0.967. The van der Waals surface area contributed by atoms with E-state index in [1.165, 1.54) is 0 Å². The molecule has 0 unspecified atom stereocenters. The monoisotopic (exact) mass is 329 g/mol. The fourth-order valence-corrected chi connectivity index (χ4v) is 3.39. The lowest BCUT2D eigenvalue weighted by molar-refractivity contribution is -0.132. The molecule has 0 saturated carbocycles. The van der Waals surface area contributed by atoms with E-state index in [0.29, 0.717) is 19.4 Å². The summed E-state index contributed by atoms with van der Waals surface area (Å²) in [5, 5.41) is 11.6. The average molecular weight is 329 g/mol. The number of hydrogen-bond acceptors (Lipinski definition) is 4. The molecule has 0 aliphatic carbocycles. The summed E-state index contributed by atoms with van der Waals surface area (Å²) in [4.78, 5) is 14.5. The van der Waals surface area contributed by atoms with Crippen molar-refractivity contribution in [1.82, 2.24) is 4.90 Å². The first-order chi connectivity index (χ1) is 11.7. The van der Waals surface area contributed by atoms with Gasteiger partial charge in [-0.15, -0.1) is 0 Å². The van der Waals surface area contributed by atoms with Gasteiger partial charge in [-0.25, -0.2) is 0 Å². The molecule has 2 aromatic rings. The maximum Gasteiger partial charge on any atom is 0.227 e. The molecule has 1 saturated heterocycles. The highest BCUT2D eigenvalue weighted by Crippen LogP contribution is 2.26. The molecule has 5 nitrogen and oxygen atoms in total. The maximum absolute atomic E-state index is 12.8. The number of carbonyl (C=O) groups excluding carboxylic acids is 1. The molecule has 5 heteroatoms. The normalized spacial score (nSPS) is 20.5. The minimum Gasteiger partial charge on any atom is -0.497 e. The number of hydrogen-bond donors (Lipinski definition) is 1. The van der Waals surface area contributed by atoms with Crippen LogP contribution in [-0.4, -0.2) is 55.4 Å². The van der Waals surface area contributed by atoms with Crippen molar-refractivity contribution in [3.8, 4) is 5.75 Å². The summed E-state index contributed by atoms with van der Waals surface area (Å²) in [6, 6.07) is 11.7. The zero-order valence-electron chi connectivity index (χ0n) is 14.1. The Kier molecular flexibility index (Phi) is 5.02. The lowest BCUT2D eigenvalue weighted by Gasteiger charge is -2.23. The SMILES string of the molecule is COc1ccc2cccc(CC(=O)N3C[C@H](OC)C[C@H]3CO)c2c1. The largest absolute Gasteiger partial charge is 0.497 e. The molecule has 1 amide bonds. The second-order valence-electron chi connectivity index (χ2n) is 6.16. The third-order valence-electron chi connectivity index (χ3n) is 4.76. The van der Waals surface area contributed by atoms with Crippen LogP contribution in [-0.2, 0) is 16.0 Å². The number of amides is 1. The van der Waals surface area contributed by atoms with Crippen LogP contribution in [0.5, 0.6) is 5.75 Å². The van der Waals surface area contributed by atoms with Crippen LogP contribution in [0.2, 0.25) is 0 Å². The third kappa shape index (κ3) is 3.23. The number of methoxy groups -OCH3 is 2. The Morgan fingerprint density at radius 2 is 2.12 bits per heavy atom. The smallest absolute Gasteiger partial charge is 0.227 e. The van der Waals surface area contributed by atoms with Crippen LogP contribution in [0, 0.1) is 0 Å². The maximum atomic E-state index is 12.8. The van der Waals surface area contributed by atoms with Gasteiger partial charge in [-0.1, -0.05) is 24.3 Å². The highest BCUT2D eigenvalue weighted by atomic mass is 16.5. The van der Waals surface area contributed by atoms with Gasteiger partial charge in [0.25, 0.3) is 0 Å². The number of aliphatic hydroxyl groups excluding tert-OH is 1. The lowest BCUT2D eigenvalue weighted by atomic mass is 10.0. The van der Waals surface area contributed by atoms with Crippen molar-refractivity contribution in [2.75, 3.05) is 27.4 Å². The van der Waals surface area contributed by atoms with E-state index < -0.39 is 0 Å². The van der Waals surface area contributed by atoms with Gasteiger partial charge in [-0.05, 0) is 34.9 Å². The number of rotatable bonds is 5. The van der Waals surface area contributed by atoms with Gasteiger partial charge >= 0.3 is 0 Å². The third-order valence-corrected chi connectivity index (χ3v) is 4.76. The van der Waals surface area contributed by atoms with Gasteiger partial charge in [0, 0.05) is 13.7 Å². The standard InChI is InChI=1S/C19H23NO4/c1-23-16-7-6-13-4-3-5-14(18(13)10-16)8-19(22)20-11-17(24-2)9-15(20)12-21/h3-7,10,15,17,21H,8-9,11-12H2,1-2H3/t15-,17+/m0/s1. The molecule has 0 aromatic heterocycles. The van der Waals surface area contributed by atoms with E-state index >= 15 is 0 Å². The first-order valence-corrected chi connectivity index (χ1v) is 8.15. The Bertz CT molecular complexity index is 730. The van der Waals surface area contributed by atoms with Gasteiger partial charge < -0.3 is 19.5 Å². The molecule has 128 valence electrons.